The first kappa shape index (κ1) is 29.7. The highest BCUT2D eigenvalue weighted by Crippen LogP contribution is 2.31. The molecule has 1 N–H and O–H groups in total. The molecule has 216 valence electrons. The van der Waals surface area contributed by atoms with Crippen LogP contribution in [0, 0.1) is 0 Å². The summed E-state index contributed by atoms with van der Waals surface area (Å²) in [6.07, 6.45) is 1.29. The molecule has 0 bridgehead atoms. The molecular weight excluding hydrogens is 536 g/mol. The van der Waals surface area contributed by atoms with Crippen LogP contribution in [0.25, 0.3) is 6.08 Å². The molecule has 0 aliphatic carbocycles. The van der Waals surface area contributed by atoms with E-state index in [-0.39, 0.29) is 6.42 Å². The molecule has 4 aromatic rings. The minimum absolute atomic E-state index is 0.0415. The van der Waals surface area contributed by atoms with Crippen molar-refractivity contribution in [1.82, 2.24) is 0 Å². The summed E-state index contributed by atoms with van der Waals surface area (Å²) >= 11 is 0. The number of hydrogen-bond acceptors (Lipinski definition) is 7. The van der Waals surface area contributed by atoms with Gasteiger partial charge in [0.05, 0.1) is 14.2 Å². The van der Waals surface area contributed by atoms with E-state index in [4.69, 9.17) is 23.7 Å². The molecule has 8 heteroatoms. The lowest BCUT2D eigenvalue weighted by Gasteiger charge is -2.15. The van der Waals surface area contributed by atoms with Crippen LogP contribution in [0.15, 0.2) is 103 Å². The van der Waals surface area contributed by atoms with Gasteiger partial charge in [-0.15, -0.1) is 0 Å². The maximum atomic E-state index is 12.6. The van der Waals surface area contributed by atoms with Crippen LogP contribution >= 0.6 is 0 Å². The number of methoxy groups -OCH3 is 2. The van der Waals surface area contributed by atoms with E-state index in [0.29, 0.717) is 47.3 Å². The molecular formula is C34H32O8. The second-order valence-electron chi connectivity index (χ2n) is 9.25. The van der Waals surface area contributed by atoms with Crippen LogP contribution < -0.4 is 18.9 Å². The average molecular weight is 569 g/mol. The molecule has 0 fully saturated rings. The predicted octanol–water partition coefficient (Wildman–Crippen LogP) is 6.11. The van der Waals surface area contributed by atoms with Crippen molar-refractivity contribution < 1.29 is 38.4 Å². The van der Waals surface area contributed by atoms with Crippen LogP contribution in [-0.4, -0.2) is 37.4 Å². The molecule has 0 spiro atoms. The molecule has 8 nitrogen and oxygen atoms in total. The minimum Gasteiger partial charge on any atom is -0.493 e. The Kier molecular flexibility index (Phi) is 10.6. The molecule has 0 aliphatic heterocycles. The van der Waals surface area contributed by atoms with Gasteiger partial charge in [0.25, 0.3) is 0 Å². The molecule has 0 radical (unpaired) electrons. The van der Waals surface area contributed by atoms with Crippen molar-refractivity contribution in [3.63, 3.8) is 0 Å². The maximum Gasteiger partial charge on any atom is 0.345 e. The number of carboxylic acid groups (broad SMARTS) is 1. The van der Waals surface area contributed by atoms with Crippen molar-refractivity contribution in [1.29, 1.82) is 0 Å². The van der Waals surface area contributed by atoms with E-state index in [2.05, 4.69) is 0 Å². The zero-order valence-electron chi connectivity index (χ0n) is 23.4. The number of hydrogen-bond donors (Lipinski definition) is 1. The van der Waals surface area contributed by atoms with Gasteiger partial charge in [-0.25, -0.2) is 9.59 Å². The van der Waals surface area contributed by atoms with Crippen molar-refractivity contribution in [2.24, 2.45) is 0 Å². The number of carbonyl (C=O) groups excluding carboxylic acids is 1. The van der Waals surface area contributed by atoms with E-state index in [1.807, 2.05) is 60.7 Å². The van der Waals surface area contributed by atoms with E-state index in [0.717, 1.165) is 11.1 Å². The second kappa shape index (κ2) is 14.9. The van der Waals surface area contributed by atoms with Crippen LogP contribution in [0.1, 0.15) is 22.3 Å². The van der Waals surface area contributed by atoms with Crippen molar-refractivity contribution in [2.75, 3.05) is 14.2 Å². The standard InChI is InChI=1S/C34H32O8/c1-38-28-16-14-27(20-30(28)39-2)21-32(34(36)37)42-33(35)18-15-24-13-17-29(40-22-25-9-5-3-6-10-25)31(19-24)41-23-26-11-7-4-8-12-26/h3-20,32H,21-23H2,1-2H3,(H,36,37)/b18-15+/t32-/m0/s1. The Morgan fingerprint density at radius 2 is 1.29 bits per heavy atom. The second-order valence-corrected chi connectivity index (χ2v) is 9.25. The molecule has 0 amide bonds. The number of carboxylic acids is 1. The van der Waals surface area contributed by atoms with Gasteiger partial charge in [0.2, 0.25) is 6.10 Å². The summed E-state index contributed by atoms with van der Waals surface area (Å²) in [4.78, 5) is 24.4. The third-order valence-corrected chi connectivity index (χ3v) is 6.26. The van der Waals surface area contributed by atoms with Crippen LogP contribution in [0.5, 0.6) is 23.0 Å². The highest BCUT2D eigenvalue weighted by atomic mass is 16.6. The lowest BCUT2D eigenvalue weighted by Crippen LogP contribution is -2.28. The van der Waals surface area contributed by atoms with Crippen LogP contribution in [0.2, 0.25) is 0 Å². The van der Waals surface area contributed by atoms with Gasteiger partial charge in [-0.2, -0.15) is 0 Å². The van der Waals surface area contributed by atoms with Gasteiger partial charge >= 0.3 is 11.9 Å². The largest absolute Gasteiger partial charge is 0.493 e. The van der Waals surface area contributed by atoms with Gasteiger partial charge in [-0.1, -0.05) is 72.8 Å². The van der Waals surface area contributed by atoms with E-state index >= 15 is 0 Å². The quantitative estimate of drug-likeness (QED) is 0.144. The first-order chi connectivity index (χ1) is 20.4. The Balaban J connectivity index is 1.45. The van der Waals surface area contributed by atoms with Crippen LogP contribution in [0.3, 0.4) is 0 Å². The minimum atomic E-state index is -1.39. The predicted molar refractivity (Wildman–Crippen MR) is 158 cm³/mol. The molecule has 1 atom stereocenters. The zero-order chi connectivity index (χ0) is 29.7. The number of esters is 1. The third-order valence-electron chi connectivity index (χ3n) is 6.26. The molecule has 4 rings (SSSR count). The highest BCUT2D eigenvalue weighted by molar-refractivity contribution is 5.89. The first-order valence-corrected chi connectivity index (χ1v) is 13.2. The Morgan fingerprint density at radius 1 is 0.690 bits per heavy atom. The van der Waals surface area contributed by atoms with Gasteiger partial charge < -0.3 is 28.8 Å². The van der Waals surface area contributed by atoms with E-state index in [1.54, 1.807) is 36.4 Å². The molecule has 0 aliphatic rings. The van der Waals surface area contributed by atoms with Crippen molar-refractivity contribution in [3.8, 4) is 23.0 Å². The van der Waals surface area contributed by atoms with Gasteiger partial charge in [0, 0.05) is 12.5 Å². The maximum absolute atomic E-state index is 12.6. The number of benzene rings is 4. The van der Waals surface area contributed by atoms with Crippen molar-refractivity contribution in [2.45, 2.75) is 25.7 Å². The van der Waals surface area contributed by atoms with E-state index in [9.17, 15) is 14.7 Å². The summed E-state index contributed by atoms with van der Waals surface area (Å²) < 4.78 is 27.9. The van der Waals surface area contributed by atoms with Gasteiger partial charge in [0.15, 0.2) is 23.0 Å². The lowest BCUT2D eigenvalue weighted by atomic mass is 10.1. The summed E-state index contributed by atoms with van der Waals surface area (Å²) in [5.74, 6) is -0.0388. The fourth-order valence-electron chi connectivity index (χ4n) is 4.08. The van der Waals surface area contributed by atoms with E-state index in [1.165, 1.54) is 26.4 Å². The van der Waals surface area contributed by atoms with Gasteiger partial charge in [-0.3, -0.25) is 0 Å². The Labute approximate surface area is 244 Å². The summed E-state index contributed by atoms with van der Waals surface area (Å²) in [5.41, 5.74) is 3.27. The summed E-state index contributed by atoms with van der Waals surface area (Å²) in [5, 5.41) is 9.66. The molecule has 0 heterocycles. The van der Waals surface area contributed by atoms with Gasteiger partial charge in [-0.05, 0) is 52.6 Å². The Hall–Kier alpha value is -5.24. The van der Waals surface area contributed by atoms with Crippen LogP contribution in [-0.2, 0) is 34.0 Å². The number of ether oxygens (including phenoxy) is 5. The first-order valence-electron chi connectivity index (χ1n) is 13.2. The molecule has 42 heavy (non-hydrogen) atoms. The molecule has 0 unspecified atom stereocenters. The van der Waals surface area contributed by atoms with Crippen molar-refractivity contribution in [3.05, 3.63) is 125 Å². The summed E-state index contributed by atoms with van der Waals surface area (Å²) in [7, 11) is 3.00. The van der Waals surface area contributed by atoms with Crippen molar-refractivity contribution >= 4 is 18.0 Å². The third kappa shape index (κ3) is 8.63. The molecule has 0 saturated heterocycles. The Bertz CT molecular complexity index is 1500. The average Bonchev–Trinajstić information content (AvgIpc) is 3.02. The highest BCUT2D eigenvalue weighted by Gasteiger charge is 2.22. The smallest absolute Gasteiger partial charge is 0.345 e. The summed E-state index contributed by atoms with van der Waals surface area (Å²) in [6.45, 7) is 0.689. The fraction of sp³-hybridized carbons (Fsp3) is 0.176. The summed E-state index contributed by atoms with van der Waals surface area (Å²) in [6, 6.07) is 29.8. The topological polar surface area (TPSA) is 101 Å². The number of rotatable bonds is 14. The molecule has 0 aromatic heterocycles. The van der Waals surface area contributed by atoms with Gasteiger partial charge in [0.1, 0.15) is 13.2 Å². The lowest BCUT2D eigenvalue weighted by molar-refractivity contribution is -0.160. The molecule has 4 aromatic carbocycles. The number of carbonyl (C=O) groups is 2. The number of aliphatic carboxylic acids is 1. The Morgan fingerprint density at radius 3 is 1.88 bits per heavy atom. The monoisotopic (exact) mass is 568 g/mol. The SMILES string of the molecule is COc1ccc(C[C@H](OC(=O)/C=C/c2ccc(OCc3ccccc3)c(OCc3ccccc3)c2)C(=O)O)cc1OC. The molecule has 0 saturated carbocycles. The normalized spacial score (nSPS) is 11.5. The zero-order valence-corrected chi connectivity index (χ0v) is 23.4. The van der Waals surface area contributed by atoms with Crippen LogP contribution in [0.4, 0.5) is 0 Å². The fourth-order valence-corrected chi connectivity index (χ4v) is 4.08. The van der Waals surface area contributed by atoms with E-state index < -0.39 is 18.0 Å².